The summed E-state index contributed by atoms with van der Waals surface area (Å²) in [6.07, 6.45) is 1.35. The minimum Gasteiger partial charge on any atom is -0.394 e. The second kappa shape index (κ2) is 6.52. The molecule has 0 aliphatic carbocycles. The van der Waals surface area contributed by atoms with Gasteiger partial charge in [0.05, 0.1) is 12.1 Å². The maximum Gasteiger partial charge on any atom is 0.242 e. The Morgan fingerprint density at radius 2 is 1.89 bits per heavy atom. The molecule has 0 fully saturated rings. The monoisotopic (exact) mass is 250 g/mol. The molecular formula is C14H22N2O2. The molecule has 1 aromatic carbocycles. The number of aliphatic hydroxyl groups is 1. The van der Waals surface area contributed by atoms with Crippen LogP contribution in [0, 0.1) is 0 Å². The Balaban J connectivity index is 2.76. The van der Waals surface area contributed by atoms with Gasteiger partial charge in [0.25, 0.3) is 0 Å². The molecule has 1 aromatic rings. The third-order valence-electron chi connectivity index (χ3n) is 3.49. The summed E-state index contributed by atoms with van der Waals surface area (Å²) < 4.78 is 0. The summed E-state index contributed by atoms with van der Waals surface area (Å²) in [5.74, 6) is -0.251. The van der Waals surface area contributed by atoms with Gasteiger partial charge < -0.3 is 16.2 Å². The molecule has 1 atom stereocenters. The molecule has 1 rings (SSSR count). The molecule has 0 unspecified atom stereocenters. The number of nitrogens with two attached hydrogens (primary N) is 1. The maximum absolute atomic E-state index is 12.1. The molecule has 0 radical (unpaired) electrons. The van der Waals surface area contributed by atoms with Crippen molar-refractivity contribution in [2.24, 2.45) is 5.73 Å². The summed E-state index contributed by atoms with van der Waals surface area (Å²) >= 11 is 0. The van der Waals surface area contributed by atoms with Gasteiger partial charge in [-0.05, 0) is 18.4 Å². The van der Waals surface area contributed by atoms with E-state index in [1.54, 1.807) is 0 Å². The third-order valence-corrected chi connectivity index (χ3v) is 3.49. The Morgan fingerprint density at radius 3 is 2.33 bits per heavy atom. The van der Waals surface area contributed by atoms with E-state index >= 15 is 0 Å². The van der Waals surface area contributed by atoms with Crippen LogP contribution in [0.4, 0.5) is 0 Å². The lowest BCUT2D eigenvalue weighted by Gasteiger charge is -2.32. The number of carbonyl (C=O) groups is 1. The summed E-state index contributed by atoms with van der Waals surface area (Å²) in [4.78, 5) is 12.1. The summed E-state index contributed by atoms with van der Waals surface area (Å²) in [7, 11) is 0. The molecule has 0 aliphatic heterocycles. The van der Waals surface area contributed by atoms with E-state index in [1.807, 2.05) is 44.2 Å². The fourth-order valence-corrected chi connectivity index (χ4v) is 1.84. The second-order valence-electron chi connectivity index (χ2n) is 4.52. The predicted octanol–water partition coefficient (Wildman–Crippen LogP) is 1.35. The largest absolute Gasteiger partial charge is 0.394 e. The first-order chi connectivity index (χ1) is 8.58. The quantitative estimate of drug-likeness (QED) is 0.713. The second-order valence-corrected chi connectivity index (χ2v) is 4.52. The third kappa shape index (κ3) is 3.31. The highest BCUT2D eigenvalue weighted by molar-refractivity contribution is 5.83. The van der Waals surface area contributed by atoms with Gasteiger partial charge >= 0.3 is 0 Å². The number of nitrogens with one attached hydrogen (secondary N) is 1. The highest BCUT2D eigenvalue weighted by Crippen LogP contribution is 2.17. The zero-order valence-corrected chi connectivity index (χ0v) is 11.0. The molecular weight excluding hydrogens is 228 g/mol. The molecule has 0 aliphatic rings. The molecule has 0 aromatic heterocycles. The Labute approximate surface area is 108 Å². The molecule has 4 heteroatoms. The van der Waals surface area contributed by atoms with Crippen molar-refractivity contribution in [3.05, 3.63) is 35.9 Å². The van der Waals surface area contributed by atoms with E-state index in [4.69, 9.17) is 5.73 Å². The molecule has 0 saturated carbocycles. The molecule has 4 N–H and O–H groups in total. The lowest BCUT2D eigenvalue weighted by atomic mass is 9.93. The Kier molecular flexibility index (Phi) is 5.31. The lowest BCUT2D eigenvalue weighted by molar-refractivity contribution is -0.125. The van der Waals surface area contributed by atoms with Crippen LogP contribution < -0.4 is 11.1 Å². The smallest absolute Gasteiger partial charge is 0.242 e. The molecule has 0 saturated heterocycles. The van der Waals surface area contributed by atoms with Gasteiger partial charge in [0.2, 0.25) is 5.91 Å². The van der Waals surface area contributed by atoms with Crippen LogP contribution in [0.15, 0.2) is 30.3 Å². The number of hydrogen-bond donors (Lipinski definition) is 3. The van der Waals surface area contributed by atoms with E-state index < -0.39 is 11.6 Å². The zero-order valence-electron chi connectivity index (χ0n) is 11.0. The first kappa shape index (κ1) is 14.7. The van der Waals surface area contributed by atoms with Crippen molar-refractivity contribution in [1.29, 1.82) is 0 Å². The molecule has 18 heavy (non-hydrogen) atoms. The van der Waals surface area contributed by atoms with Crippen molar-refractivity contribution in [3.8, 4) is 0 Å². The van der Waals surface area contributed by atoms with Gasteiger partial charge in [0.15, 0.2) is 0 Å². The van der Waals surface area contributed by atoms with Gasteiger partial charge in [-0.3, -0.25) is 4.79 Å². The van der Waals surface area contributed by atoms with E-state index in [9.17, 15) is 9.90 Å². The maximum atomic E-state index is 12.1. The van der Waals surface area contributed by atoms with Crippen molar-refractivity contribution >= 4 is 5.91 Å². The number of benzene rings is 1. The average molecular weight is 250 g/mol. The lowest BCUT2D eigenvalue weighted by Crippen LogP contribution is -2.53. The van der Waals surface area contributed by atoms with Crippen molar-refractivity contribution in [3.63, 3.8) is 0 Å². The Hall–Kier alpha value is -1.39. The van der Waals surface area contributed by atoms with Gasteiger partial charge in [-0.25, -0.2) is 0 Å². The first-order valence-corrected chi connectivity index (χ1v) is 6.32. The van der Waals surface area contributed by atoms with Crippen LogP contribution in [0.2, 0.25) is 0 Å². The van der Waals surface area contributed by atoms with Crippen LogP contribution in [-0.4, -0.2) is 23.2 Å². The van der Waals surface area contributed by atoms with E-state index in [2.05, 4.69) is 5.32 Å². The predicted molar refractivity (Wildman–Crippen MR) is 71.9 cm³/mol. The topological polar surface area (TPSA) is 75.3 Å². The number of amides is 1. The normalized spacial score (nSPS) is 13.1. The van der Waals surface area contributed by atoms with Crippen LogP contribution in [0.1, 0.15) is 38.3 Å². The number of hydrogen-bond acceptors (Lipinski definition) is 3. The zero-order chi connectivity index (χ0) is 13.6. The fourth-order valence-electron chi connectivity index (χ4n) is 1.84. The molecule has 100 valence electrons. The van der Waals surface area contributed by atoms with Gasteiger partial charge in [0, 0.05) is 0 Å². The average Bonchev–Trinajstić information content (AvgIpc) is 2.45. The minimum absolute atomic E-state index is 0.0761. The van der Waals surface area contributed by atoms with E-state index in [0.29, 0.717) is 12.8 Å². The Bertz CT molecular complexity index is 366. The molecule has 0 heterocycles. The number of aliphatic hydroxyl groups excluding tert-OH is 1. The van der Waals surface area contributed by atoms with E-state index in [1.165, 1.54) is 0 Å². The van der Waals surface area contributed by atoms with Gasteiger partial charge in [-0.2, -0.15) is 0 Å². The molecule has 0 spiro atoms. The molecule has 0 bridgehead atoms. The van der Waals surface area contributed by atoms with Crippen LogP contribution in [0.25, 0.3) is 0 Å². The van der Waals surface area contributed by atoms with Crippen LogP contribution in [0.5, 0.6) is 0 Å². The van der Waals surface area contributed by atoms with E-state index in [0.717, 1.165) is 5.56 Å². The van der Waals surface area contributed by atoms with Crippen LogP contribution in [-0.2, 0) is 4.79 Å². The standard InChI is InChI=1S/C14H22N2O2/c1-3-14(4-2,10-17)16-13(18)12(15)11-8-6-5-7-9-11/h5-9,12,17H,3-4,10,15H2,1-2H3,(H,16,18)/t12-/m0/s1. The SMILES string of the molecule is CCC(CC)(CO)NC(=O)[C@@H](N)c1ccccc1. The highest BCUT2D eigenvalue weighted by atomic mass is 16.3. The number of rotatable bonds is 6. The number of carbonyl (C=O) groups excluding carboxylic acids is 1. The highest BCUT2D eigenvalue weighted by Gasteiger charge is 2.29. The van der Waals surface area contributed by atoms with Crippen molar-refractivity contribution in [2.45, 2.75) is 38.3 Å². The molecule has 4 nitrogen and oxygen atoms in total. The summed E-state index contributed by atoms with van der Waals surface area (Å²) in [5, 5.41) is 12.3. The van der Waals surface area contributed by atoms with Crippen molar-refractivity contribution in [2.75, 3.05) is 6.61 Å². The first-order valence-electron chi connectivity index (χ1n) is 6.32. The van der Waals surface area contributed by atoms with Crippen LogP contribution in [0.3, 0.4) is 0 Å². The van der Waals surface area contributed by atoms with Gasteiger partial charge in [-0.15, -0.1) is 0 Å². The summed E-state index contributed by atoms with van der Waals surface area (Å²) in [6.45, 7) is 3.80. The minimum atomic E-state index is -0.699. The summed E-state index contributed by atoms with van der Waals surface area (Å²) in [6, 6.07) is 8.52. The van der Waals surface area contributed by atoms with Gasteiger partial charge in [0.1, 0.15) is 6.04 Å². The summed E-state index contributed by atoms with van der Waals surface area (Å²) in [5.41, 5.74) is 6.12. The van der Waals surface area contributed by atoms with Crippen molar-refractivity contribution in [1.82, 2.24) is 5.32 Å². The van der Waals surface area contributed by atoms with E-state index in [-0.39, 0.29) is 12.5 Å². The van der Waals surface area contributed by atoms with Gasteiger partial charge in [-0.1, -0.05) is 44.2 Å². The Morgan fingerprint density at radius 1 is 1.33 bits per heavy atom. The van der Waals surface area contributed by atoms with Crippen molar-refractivity contribution < 1.29 is 9.90 Å². The van der Waals surface area contributed by atoms with Crippen LogP contribution >= 0.6 is 0 Å². The fraction of sp³-hybridized carbons (Fsp3) is 0.500. The molecule has 1 amide bonds.